The van der Waals surface area contributed by atoms with Crippen LogP contribution in [0.2, 0.25) is 0 Å². The molecule has 0 aromatic carbocycles. The molecule has 0 spiro atoms. The SMILES string of the molecule is CCCC(P=O)C(CC)CC. The Bertz CT molecular complexity index is 99.7. The first kappa shape index (κ1) is 11.1. The quantitative estimate of drug-likeness (QED) is 0.558. The summed E-state index contributed by atoms with van der Waals surface area (Å²) in [5.41, 5.74) is 0.412. The molecule has 66 valence electrons. The Morgan fingerprint density at radius 1 is 1.18 bits per heavy atom. The van der Waals surface area contributed by atoms with Crippen LogP contribution in [-0.2, 0) is 4.57 Å². The van der Waals surface area contributed by atoms with Crippen molar-refractivity contribution in [2.75, 3.05) is 0 Å². The molecule has 0 amide bonds. The predicted molar refractivity (Wildman–Crippen MR) is 50.4 cm³/mol. The molecule has 0 aromatic rings. The molecule has 1 nitrogen and oxygen atoms in total. The fraction of sp³-hybridized carbons (Fsp3) is 1.00. The third-order valence-corrected chi connectivity index (χ3v) is 3.26. The fourth-order valence-electron chi connectivity index (χ4n) is 1.50. The summed E-state index contributed by atoms with van der Waals surface area (Å²) in [6, 6.07) is 0. The highest BCUT2D eigenvalue weighted by Crippen LogP contribution is 2.27. The van der Waals surface area contributed by atoms with E-state index in [4.69, 9.17) is 0 Å². The summed E-state index contributed by atoms with van der Waals surface area (Å²) >= 11 is 0. The molecule has 0 N–H and O–H groups in total. The Balaban J connectivity index is 3.86. The van der Waals surface area contributed by atoms with Gasteiger partial charge in [0, 0.05) is 5.66 Å². The van der Waals surface area contributed by atoms with Crippen LogP contribution >= 0.6 is 8.46 Å². The van der Waals surface area contributed by atoms with Crippen molar-refractivity contribution in [1.82, 2.24) is 0 Å². The topological polar surface area (TPSA) is 17.1 Å². The molecule has 0 saturated heterocycles. The van der Waals surface area contributed by atoms with E-state index in [0.717, 1.165) is 25.7 Å². The first-order valence-corrected chi connectivity index (χ1v) is 5.50. The van der Waals surface area contributed by atoms with Crippen molar-refractivity contribution in [3.8, 4) is 0 Å². The second-order valence-electron chi connectivity index (χ2n) is 3.04. The first-order valence-electron chi connectivity index (χ1n) is 4.62. The first-order chi connectivity index (χ1) is 5.29. The summed E-state index contributed by atoms with van der Waals surface area (Å²) in [5, 5.41) is 0. The molecule has 1 atom stereocenters. The van der Waals surface area contributed by atoms with Crippen LogP contribution in [0.25, 0.3) is 0 Å². The van der Waals surface area contributed by atoms with Gasteiger partial charge >= 0.3 is 0 Å². The third kappa shape index (κ3) is 3.86. The van der Waals surface area contributed by atoms with Gasteiger partial charge in [-0.05, 0) is 12.3 Å². The molecule has 0 fully saturated rings. The zero-order chi connectivity index (χ0) is 8.69. The minimum Gasteiger partial charge on any atom is -0.275 e. The molecular formula is C9H19OP. The summed E-state index contributed by atoms with van der Waals surface area (Å²) in [7, 11) is 0.351. The van der Waals surface area contributed by atoms with Crippen molar-refractivity contribution in [3.05, 3.63) is 0 Å². The molecule has 0 heterocycles. The summed E-state index contributed by atoms with van der Waals surface area (Å²) in [6.07, 6.45) is 4.58. The number of hydrogen-bond donors (Lipinski definition) is 0. The van der Waals surface area contributed by atoms with Gasteiger partial charge in [0.05, 0.1) is 0 Å². The lowest BCUT2D eigenvalue weighted by Gasteiger charge is -2.17. The van der Waals surface area contributed by atoms with Crippen LogP contribution in [0.3, 0.4) is 0 Å². The maximum absolute atomic E-state index is 10.8. The number of rotatable bonds is 6. The summed E-state index contributed by atoms with van der Waals surface area (Å²) < 4.78 is 10.8. The standard InChI is InChI=1S/C9H19OP/c1-4-7-9(11-10)8(5-2)6-3/h8-9H,4-7H2,1-3H3. The maximum Gasteiger partial charge on any atom is 0.158 e. The van der Waals surface area contributed by atoms with Crippen molar-refractivity contribution >= 4 is 8.46 Å². The van der Waals surface area contributed by atoms with E-state index < -0.39 is 0 Å². The van der Waals surface area contributed by atoms with E-state index in [1.165, 1.54) is 0 Å². The van der Waals surface area contributed by atoms with Gasteiger partial charge in [0.1, 0.15) is 0 Å². The van der Waals surface area contributed by atoms with Crippen LogP contribution < -0.4 is 0 Å². The largest absolute Gasteiger partial charge is 0.275 e. The second-order valence-corrected chi connectivity index (χ2v) is 3.91. The summed E-state index contributed by atoms with van der Waals surface area (Å²) in [6.45, 7) is 6.52. The van der Waals surface area contributed by atoms with Crippen LogP contribution in [0.1, 0.15) is 46.5 Å². The average molecular weight is 174 g/mol. The second kappa shape index (κ2) is 6.79. The van der Waals surface area contributed by atoms with Gasteiger partial charge in [-0.3, -0.25) is 4.57 Å². The van der Waals surface area contributed by atoms with Gasteiger partial charge < -0.3 is 0 Å². The highest BCUT2D eigenvalue weighted by molar-refractivity contribution is 7.24. The van der Waals surface area contributed by atoms with Crippen molar-refractivity contribution < 1.29 is 4.57 Å². The van der Waals surface area contributed by atoms with Gasteiger partial charge in [-0.15, -0.1) is 0 Å². The maximum atomic E-state index is 10.8. The van der Waals surface area contributed by atoms with Crippen molar-refractivity contribution in [2.45, 2.75) is 52.1 Å². The van der Waals surface area contributed by atoms with E-state index >= 15 is 0 Å². The molecule has 0 aliphatic rings. The Kier molecular flexibility index (Phi) is 6.85. The molecule has 2 heteroatoms. The lowest BCUT2D eigenvalue weighted by atomic mass is 9.96. The van der Waals surface area contributed by atoms with E-state index in [2.05, 4.69) is 20.8 Å². The zero-order valence-electron chi connectivity index (χ0n) is 7.84. The van der Waals surface area contributed by atoms with Crippen molar-refractivity contribution in [3.63, 3.8) is 0 Å². The normalized spacial score (nSPS) is 14.2. The third-order valence-electron chi connectivity index (χ3n) is 2.31. The van der Waals surface area contributed by atoms with Gasteiger partial charge in [-0.2, -0.15) is 0 Å². The van der Waals surface area contributed by atoms with Gasteiger partial charge in [-0.1, -0.05) is 40.0 Å². The van der Waals surface area contributed by atoms with Crippen LogP contribution in [0.5, 0.6) is 0 Å². The molecule has 0 aromatic heterocycles. The van der Waals surface area contributed by atoms with Crippen LogP contribution in [-0.4, -0.2) is 5.66 Å². The highest BCUT2D eigenvalue weighted by Gasteiger charge is 2.17. The smallest absolute Gasteiger partial charge is 0.158 e. The zero-order valence-corrected chi connectivity index (χ0v) is 8.73. The monoisotopic (exact) mass is 174 g/mol. The molecule has 0 aliphatic heterocycles. The molecule has 11 heavy (non-hydrogen) atoms. The van der Waals surface area contributed by atoms with E-state index in [9.17, 15) is 4.57 Å². The molecule has 0 bridgehead atoms. The van der Waals surface area contributed by atoms with Crippen LogP contribution in [0.4, 0.5) is 0 Å². The highest BCUT2D eigenvalue weighted by atomic mass is 31.1. The molecule has 0 rings (SSSR count). The van der Waals surface area contributed by atoms with Crippen molar-refractivity contribution in [2.24, 2.45) is 5.92 Å². The minimum absolute atomic E-state index is 0.351. The summed E-state index contributed by atoms with van der Waals surface area (Å²) in [4.78, 5) is 0. The van der Waals surface area contributed by atoms with E-state index in [-0.39, 0.29) is 0 Å². The Labute approximate surface area is 71.8 Å². The van der Waals surface area contributed by atoms with Gasteiger partial charge in [0.2, 0.25) is 0 Å². The molecule has 0 saturated carbocycles. The molecule has 1 unspecified atom stereocenters. The Morgan fingerprint density at radius 3 is 2.00 bits per heavy atom. The van der Waals surface area contributed by atoms with E-state index in [0.29, 0.717) is 20.0 Å². The van der Waals surface area contributed by atoms with E-state index in [1.54, 1.807) is 0 Å². The minimum atomic E-state index is 0.351. The Hall–Kier alpha value is 0.100. The van der Waals surface area contributed by atoms with E-state index in [1.807, 2.05) is 0 Å². The van der Waals surface area contributed by atoms with Crippen LogP contribution in [0, 0.1) is 5.92 Å². The van der Waals surface area contributed by atoms with Crippen LogP contribution in [0.15, 0.2) is 0 Å². The van der Waals surface area contributed by atoms with Gasteiger partial charge in [0.25, 0.3) is 0 Å². The lowest BCUT2D eigenvalue weighted by molar-refractivity contribution is 0.439. The fourth-order valence-corrected chi connectivity index (χ4v) is 2.46. The average Bonchev–Trinajstić information content (AvgIpc) is 2.05. The Morgan fingerprint density at radius 2 is 1.73 bits per heavy atom. The molecule has 0 radical (unpaired) electrons. The summed E-state index contributed by atoms with van der Waals surface area (Å²) in [5.74, 6) is 0.661. The molecule has 0 aliphatic carbocycles. The predicted octanol–water partition coefficient (Wildman–Crippen LogP) is 3.88. The van der Waals surface area contributed by atoms with Gasteiger partial charge in [-0.25, -0.2) is 0 Å². The number of hydrogen-bond acceptors (Lipinski definition) is 1. The van der Waals surface area contributed by atoms with Crippen molar-refractivity contribution in [1.29, 1.82) is 0 Å². The van der Waals surface area contributed by atoms with Gasteiger partial charge in [0.15, 0.2) is 8.46 Å². The molecular weight excluding hydrogens is 155 g/mol. The lowest BCUT2D eigenvalue weighted by Crippen LogP contribution is -2.12.